The van der Waals surface area contributed by atoms with Gasteiger partial charge in [0.15, 0.2) is 0 Å². The van der Waals surface area contributed by atoms with Gasteiger partial charge in [0, 0.05) is 5.56 Å². The third-order valence-corrected chi connectivity index (χ3v) is 2.65. The van der Waals surface area contributed by atoms with Gasteiger partial charge in [-0.25, -0.2) is 4.39 Å². The Morgan fingerprint density at radius 3 is 2.76 bits per heavy atom. The largest absolute Gasteiger partial charge is 0.460 e. The second kappa shape index (κ2) is 5.15. The maximum Gasteiger partial charge on any atom is 0.134 e. The van der Waals surface area contributed by atoms with Gasteiger partial charge in [0.25, 0.3) is 0 Å². The molecule has 0 unspecified atom stereocenters. The zero-order valence-corrected chi connectivity index (χ0v) is 10.1. The lowest BCUT2D eigenvalue weighted by molar-refractivity contribution is 0.498. The molecule has 2 aromatic rings. The van der Waals surface area contributed by atoms with Crippen LogP contribution in [0.3, 0.4) is 0 Å². The van der Waals surface area contributed by atoms with Crippen LogP contribution in [0.25, 0.3) is 11.3 Å². The Labute approximate surface area is 100 Å². The molecule has 1 aromatic carbocycles. The minimum absolute atomic E-state index is 0.187. The quantitative estimate of drug-likeness (QED) is 0.874. The van der Waals surface area contributed by atoms with Crippen molar-refractivity contribution >= 4 is 0 Å². The fourth-order valence-electron chi connectivity index (χ4n) is 1.67. The van der Waals surface area contributed by atoms with Gasteiger partial charge >= 0.3 is 0 Å². The predicted octanol–water partition coefficient (Wildman–Crippen LogP) is 3.50. The Hall–Kier alpha value is -1.61. The molecule has 17 heavy (non-hydrogen) atoms. The van der Waals surface area contributed by atoms with Gasteiger partial charge in [-0.15, -0.1) is 0 Å². The highest BCUT2D eigenvalue weighted by molar-refractivity contribution is 5.58. The number of furan rings is 1. The molecule has 0 spiro atoms. The summed E-state index contributed by atoms with van der Waals surface area (Å²) in [6, 6.07) is 8.86. The summed E-state index contributed by atoms with van der Waals surface area (Å²) in [6.45, 7) is 5.43. The van der Waals surface area contributed by atoms with E-state index in [1.165, 1.54) is 6.07 Å². The molecule has 1 heterocycles. The second-order valence-electron chi connectivity index (χ2n) is 4.01. The SMILES string of the molecule is CCNCc1ccc(-c2ccc(F)c(C)c2)o1. The lowest BCUT2D eigenvalue weighted by atomic mass is 10.1. The second-order valence-corrected chi connectivity index (χ2v) is 4.01. The van der Waals surface area contributed by atoms with E-state index in [0.717, 1.165) is 30.2 Å². The Kier molecular flexibility index (Phi) is 3.59. The van der Waals surface area contributed by atoms with Crippen molar-refractivity contribution in [2.24, 2.45) is 0 Å². The smallest absolute Gasteiger partial charge is 0.134 e. The third kappa shape index (κ3) is 2.74. The van der Waals surface area contributed by atoms with E-state index in [4.69, 9.17) is 4.42 Å². The highest BCUT2D eigenvalue weighted by atomic mass is 19.1. The molecular formula is C14H16FNO. The van der Waals surface area contributed by atoms with Crippen molar-refractivity contribution in [1.29, 1.82) is 0 Å². The fourth-order valence-corrected chi connectivity index (χ4v) is 1.67. The van der Waals surface area contributed by atoms with Crippen LogP contribution in [0.4, 0.5) is 4.39 Å². The van der Waals surface area contributed by atoms with Gasteiger partial charge in [-0.3, -0.25) is 0 Å². The summed E-state index contributed by atoms with van der Waals surface area (Å²) in [6.07, 6.45) is 0. The van der Waals surface area contributed by atoms with E-state index < -0.39 is 0 Å². The fraction of sp³-hybridized carbons (Fsp3) is 0.286. The maximum absolute atomic E-state index is 13.1. The van der Waals surface area contributed by atoms with Crippen LogP contribution in [0.2, 0.25) is 0 Å². The van der Waals surface area contributed by atoms with Gasteiger partial charge in [-0.1, -0.05) is 6.92 Å². The first-order valence-electron chi connectivity index (χ1n) is 5.76. The molecule has 0 fully saturated rings. The first-order chi connectivity index (χ1) is 8.20. The molecule has 0 aliphatic heterocycles. The average Bonchev–Trinajstić information content (AvgIpc) is 2.79. The third-order valence-electron chi connectivity index (χ3n) is 2.65. The molecule has 1 N–H and O–H groups in total. The number of nitrogens with one attached hydrogen (secondary N) is 1. The zero-order valence-electron chi connectivity index (χ0n) is 10.1. The summed E-state index contributed by atoms with van der Waals surface area (Å²) in [5, 5.41) is 3.20. The van der Waals surface area contributed by atoms with Crippen molar-refractivity contribution in [3.8, 4) is 11.3 Å². The van der Waals surface area contributed by atoms with Gasteiger partial charge in [-0.05, 0) is 49.4 Å². The summed E-state index contributed by atoms with van der Waals surface area (Å²) in [5.41, 5.74) is 1.54. The molecule has 1 aromatic heterocycles. The van der Waals surface area contributed by atoms with Crippen LogP contribution in [0.1, 0.15) is 18.2 Å². The minimum atomic E-state index is -0.187. The van der Waals surface area contributed by atoms with Crippen LogP contribution in [0.15, 0.2) is 34.7 Å². The lowest BCUT2D eigenvalue weighted by Crippen LogP contribution is -2.10. The van der Waals surface area contributed by atoms with Gasteiger partial charge in [0.05, 0.1) is 6.54 Å². The van der Waals surface area contributed by atoms with Crippen LogP contribution in [-0.4, -0.2) is 6.54 Å². The normalized spacial score (nSPS) is 10.8. The van der Waals surface area contributed by atoms with Crippen molar-refractivity contribution in [1.82, 2.24) is 5.32 Å². The van der Waals surface area contributed by atoms with E-state index in [1.807, 2.05) is 19.1 Å². The number of rotatable bonds is 4. The molecule has 2 rings (SSSR count). The Morgan fingerprint density at radius 2 is 2.06 bits per heavy atom. The van der Waals surface area contributed by atoms with Crippen molar-refractivity contribution < 1.29 is 8.81 Å². The predicted molar refractivity (Wildman–Crippen MR) is 66.2 cm³/mol. The Morgan fingerprint density at radius 1 is 1.24 bits per heavy atom. The molecule has 0 radical (unpaired) electrons. The number of hydrogen-bond acceptors (Lipinski definition) is 2. The van der Waals surface area contributed by atoms with E-state index in [2.05, 4.69) is 5.32 Å². The summed E-state index contributed by atoms with van der Waals surface area (Å²) in [5.74, 6) is 1.48. The molecule has 90 valence electrons. The van der Waals surface area contributed by atoms with Gasteiger partial charge in [0.1, 0.15) is 17.3 Å². The first-order valence-corrected chi connectivity index (χ1v) is 5.76. The first kappa shape index (κ1) is 11.9. The summed E-state index contributed by atoms with van der Waals surface area (Å²) >= 11 is 0. The lowest BCUT2D eigenvalue weighted by Gasteiger charge is -2.01. The summed E-state index contributed by atoms with van der Waals surface area (Å²) < 4.78 is 18.8. The van der Waals surface area contributed by atoms with Crippen molar-refractivity contribution in [2.45, 2.75) is 20.4 Å². The van der Waals surface area contributed by atoms with Crippen LogP contribution in [-0.2, 0) is 6.54 Å². The standard InChI is InChI=1S/C14H16FNO/c1-3-16-9-12-5-7-14(17-12)11-4-6-13(15)10(2)8-11/h4-8,16H,3,9H2,1-2H3. The van der Waals surface area contributed by atoms with E-state index >= 15 is 0 Å². The van der Waals surface area contributed by atoms with Crippen molar-refractivity contribution in [3.05, 3.63) is 47.5 Å². The topological polar surface area (TPSA) is 25.2 Å². The molecule has 0 saturated carbocycles. The van der Waals surface area contributed by atoms with Crippen molar-refractivity contribution in [2.75, 3.05) is 6.54 Å². The minimum Gasteiger partial charge on any atom is -0.460 e. The highest BCUT2D eigenvalue weighted by Crippen LogP contribution is 2.24. The Balaban J connectivity index is 2.21. The molecule has 0 aliphatic carbocycles. The average molecular weight is 233 g/mol. The molecular weight excluding hydrogens is 217 g/mol. The summed E-state index contributed by atoms with van der Waals surface area (Å²) in [4.78, 5) is 0. The van der Waals surface area contributed by atoms with E-state index in [9.17, 15) is 4.39 Å². The van der Waals surface area contributed by atoms with Gasteiger partial charge < -0.3 is 9.73 Å². The molecule has 2 nitrogen and oxygen atoms in total. The molecule has 0 atom stereocenters. The number of benzene rings is 1. The number of aryl methyl sites for hydroxylation is 1. The van der Waals surface area contributed by atoms with Crippen LogP contribution in [0, 0.1) is 12.7 Å². The summed E-state index contributed by atoms with van der Waals surface area (Å²) in [7, 11) is 0. The molecule has 0 saturated heterocycles. The maximum atomic E-state index is 13.1. The van der Waals surface area contributed by atoms with E-state index in [1.54, 1.807) is 19.1 Å². The van der Waals surface area contributed by atoms with Crippen molar-refractivity contribution in [3.63, 3.8) is 0 Å². The van der Waals surface area contributed by atoms with Crippen LogP contribution >= 0.6 is 0 Å². The highest BCUT2D eigenvalue weighted by Gasteiger charge is 2.06. The zero-order chi connectivity index (χ0) is 12.3. The molecule has 0 bridgehead atoms. The Bertz CT molecular complexity index is 505. The van der Waals surface area contributed by atoms with Gasteiger partial charge in [-0.2, -0.15) is 0 Å². The van der Waals surface area contributed by atoms with E-state index in [0.29, 0.717) is 5.56 Å². The van der Waals surface area contributed by atoms with Gasteiger partial charge in [0.2, 0.25) is 0 Å². The van der Waals surface area contributed by atoms with Crippen LogP contribution < -0.4 is 5.32 Å². The molecule has 3 heteroatoms. The number of hydrogen-bond donors (Lipinski definition) is 1. The van der Waals surface area contributed by atoms with Crippen LogP contribution in [0.5, 0.6) is 0 Å². The number of halogens is 1. The monoisotopic (exact) mass is 233 g/mol. The van der Waals surface area contributed by atoms with E-state index in [-0.39, 0.29) is 5.82 Å². The molecule has 0 aliphatic rings. The molecule has 0 amide bonds.